The smallest absolute Gasteiger partial charge is 0.262 e. The van der Waals surface area contributed by atoms with Crippen molar-refractivity contribution < 1.29 is 14.3 Å². The summed E-state index contributed by atoms with van der Waals surface area (Å²) in [5.41, 5.74) is 6.24. The summed E-state index contributed by atoms with van der Waals surface area (Å²) < 4.78 is 11.2. The molecule has 3 aromatic rings. The molecule has 0 aliphatic rings. The van der Waals surface area contributed by atoms with Crippen molar-refractivity contribution in [3.8, 4) is 11.5 Å². The number of carbonyl (C=O) groups is 1. The third-order valence-electron chi connectivity index (χ3n) is 4.80. The standard InChI is InChI=1S/C25H28N2O3/c1-17-6-10-21(11-7-17)26-15-20-9-12-23(24(14-20)29-4)30-16-25(28)27-22-13-18(2)5-8-19(22)3/h5-14,26H,15-16H2,1-4H3,(H,27,28). The highest BCUT2D eigenvalue weighted by molar-refractivity contribution is 5.92. The molecular formula is C25H28N2O3. The zero-order chi connectivity index (χ0) is 21.5. The van der Waals surface area contributed by atoms with Crippen molar-refractivity contribution in [1.82, 2.24) is 0 Å². The molecule has 0 saturated carbocycles. The number of benzene rings is 3. The van der Waals surface area contributed by atoms with E-state index in [1.165, 1.54) is 5.56 Å². The molecule has 5 heteroatoms. The first kappa shape index (κ1) is 21.2. The highest BCUT2D eigenvalue weighted by atomic mass is 16.5. The fourth-order valence-corrected chi connectivity index (χ4v) is 3.02. The number of nitrogens with one attached hydrogen (secondary N) is 2. The van der Waals surface area contributed by atoms with E-state index in [1.54, 1.807) is 7.11 Å². The molecule has 0 heterocycles. The van der Waals surface area contributed by atoms with Gasteiger partial charge in [-0.1, -0.05) is 35.9 Å². The van der Waals surface area contributed by atoms with Crippen LogP contribution >= 0.6 is 0 Å². The summed E-state index contributed by atoms with van der Waals surface area (Å²) in [6, 6.07) is 19.9. The topological polar surface area (TPSA) is 59.6 Å². The van der Waals surface area contributed by atoms with Gasteiger partial charge in [0.1, 0.15) is 0 Å². The van der Waals surface area contributed by atoms with E-state index in [1.807, 2.05) is 50.2 Å². The number of rotatable bonds is 8. The van der Waals surface area contributed by atoms with E-state index in [0.29, 0.717) is 18.0 Å². The Hall–Kier alpha value is -3.47. The molecule has 3 rings (SSSR count). The molecule has 2 N–H and O–H groups in total. The second kappa shape index (κ2) is 9.83. The second-order valence-corrected chi connectivity index (χ2v) is 7.36. The maximum absolute atomic E-state index is 12.3. The third-order valence-corrected chi connectivity index (χ3v) is 4.80. The molecule has 0 aromatic heterocycles. The van der Waals surface area contributed by atoms with Gasteiger partial charge >= 0.3 is 0 Å². The van der Waals surface area contributed by atoms with Gasteiger partial charge in [0.05, 0.1) is 7.11 Å². The van der Waals surface area contributed by atoms with E-state index in [9.17, 15) is 4.79 Å². The Kier molecular flexibility index (Phi) is 6.96. The van der Waals surface area contributed by atoms with Crippen LogP contribution in [0.5, 0.6) is 11.5 Å². The quantitative estimate of drug-likeness (QED) is 0.538. The summed E-state index contributed by atoms with van der Waals surface area (Å²) in [5, 5.41) is 6.28. The average Bonchev–Trinajstić information content (AvgIpc) is 2.74. The van der Waals surface area contributed by atoms with E-state index < -0.39 is 0 Å². The number of ether oxygens (including phenoxy) is 2. The van der Waals surface area contributed by atoms with Crippen LogP contribution in [0.2, 0.25) is 0 Å². The van der Waals surface area contributed by atoms with Crippen LogP contribution in [0, 0.1) is 20.8 Å². The zero-order valence-corrected chi connectivity index (χ0v) is 17.9. The normalized spacial score (nSPS) is 10.4. The van der Waals surface area contributed by atoms with Crippen LogP contribution < -0.4 is 20.1 Å². The van der Waals surface area contributed by atoms with Gasteiger partial charge in [0.25, 0.3) is 5.91 Å². The van der Waals surface area contributed by atoms with Gasteiger partial charge in [-0.15, -0.1) is 0 Å². The van der Waals surface area contributed by atoms with Gasteiger partial charge in [0.2, 0.25) is 0 Å². The molecule has 0 fully saturated rings. The number of carbonyl (C=O) groups excluding carboxylic acids is 1. The van der Waals surface area contributed by atoms with Crippen molar-refractivity contribution in [2.45, 2.75) is 27.3 Å². The van der Waals surface area contributed by atoms with Crippen LogP contribution in [0.25, 0.3) is 0 Å². The fourth-order valence-electron chi connectivity index (χ4n) is 3.02. The molecule has 156 valence electrons. The molecule has 1 amide bonds. The molecule has 0 aliphatic carbocycles. The van der Waals surface area contributed by atoms with Crippen molar-refractivity contribution in [2.24, 2.45) is 0 Å². The molecule has 0 atom stereocenters. The van der Waals surface area contributed by atoms with Crippen LogP contribution in [0.3, 0.4) is 0 Å². The third kappa shape index (κ3) is 5.77. The minimum Gasteiger partial charge on any atom is -0.493 e. The van der Waals surface area contributed by atoms with Crippen molar-refractivity contribution in [1.29, 1.82) is 0 Å². The molecule has 3 aromatic carbocycles. The lowest BCUT2D eigenvalue weighted by atomic mass is 10.1. The van der Waals surface area contributed by atoms with Crippen molar-refractivity contribution >= 4 is 17.3 Å². The van der Waals surface area contributed by atoms with Gasteiger partial charge in [-0.3, -0.25) is 4.79 Å². The number of anilines is 2. The molecule has 0 bridgehead atoms. The van der Waals surface area contributed by atoms with Crippen LogP contribution in [-0.4, -0.2) is 19.6 Å². The SMILES string of the molecule is COc1cc(CNc2ccc(C)cc2)ccc1OCC(=O)Nc1cc(C)ccc1C. The number of amides is 1. The molecule has 5 nitrogen and oxygen atoms in total. The molecule has 30 heavy (non-hydrogen) atoms. The van der Waals surface area contributed by atoms with Gasteiger partial charge in [-0.2, -0.15) is 0 Å². The van der Waals surface area contributed by atoms with E-state index >= 15 is 0 Å². The van der Waals surface area contributed by atoms with Crippen LogP contribution in [0.4, 0.5) is 11.4 Å². The lowest BCUT2D eigenvalue weighted by Gasteiger charge is -2.14. The Morgan fingerprint density at radius 2 is 1.60 bits per heavy atom. The molecule has 0 spiro atoms. The number of aryl methyl sites for hydroxylation is 3. The van der Waals surface area contributed by atoms with E-state index in [2.05, 4.69) is 41.8 Å². The van der Waals surface area contributed by atoms with Crippen molar-refractivity contribution in [3.63, 3.8) is 0 Å². The summed E-state index contributed by atoms with van der Waals surface area (Å²) in [6.07, 6.45) is 0. The maximum atomic E-state index is 12.3. The Morgan fingerprint density at radius 1 is 0.867 bits per heavy atom. The predicted molar refractivity (Wildman–Crippen MR) is 122 cm³/mol. The largest absolute Gasteiger partial charge is 0.493 e. The molecule has 0 aliphatic heterocycles. The highest BCUT2D eigenvalue weighted by Crippen LogP contribution is 2.28. The monoisotopic (exact) mass is 404 g/mol. The minimum absolute atomic E-state index is 0.0926. The first-order chi connectivity index (χ1) is 14.4. The molecule has 0 radical (unpaired) electrons. The Morgan fingerprint density at radius 3 is 2.33 bits per heavy atom. The van der Waals surface area contributed by atoms with Gasteiger partial charge in [-0.05, 0) is 67.8 Å². The van der Waals surface area contributed by atoms with Gasteiger partial charge < -0.3 is 20.1 Å². The van der Waals surface area contributed by atoms with Crippen LogP contribution in [0.15, 0.2) is 60.7 Å². The zero-order valence-electron chi connectivity index (χ0n) is 17.9. The molecule has 0 unspecified atom stereocenters. The lowest BCUT2D eigenvalue weighted by Crippen LogP contribution is -2.21. The minimum atomic E-state index is -0.212. The summed E-state index contributed by atoms with van der Waals surface area (Å²) in [7, 11) is 1.59. The Bertz CT molecular complexity index is 1010. The summed E-state index contributed by atoms with van der Waals surface area (Å²) in [6.45, 7) is 6.58. The molecular weight excluding hydrogens is 376 g/mol. The van der Waals surface area contributed by atoms with Gasteiger partial charge in [0.15, 0.2) is 18.1 Å². The first-order valence-electron chi connectivity index (χ1n) is 9.92. The summed E-state index contributed by atoms with van der Waals surface area (Å²) >= 11 is 0. The van der Waals surface area contributed by atoms with E-state index in [-0.39, 0.29) is 12.5 Å². The highest BCUT2D eigenvalue weighted by Gasteiger charge is 2.10. The average molecular weight is 405 g/mol. The van der Waals surface area contributed by atoms with Crippen LogP contribution in [-0.2, 0) is 11.3 Å². The van der Waals surface area contributed by atoms with Crippen LogP contribution in [0.1, 0.15) is 22.3 Å². The van der Waals surface area contributed by atoms with Crippen molar-refractivity contribution in [3.05, 3.63) is 82.9 Å². The summed E-state index contributed by atoms with van der Waals surface area (Å²) in [4.78, 5) is 12.3. The Labute approximate surface area is 178 Å². The predicted octanol–water partition coefficient (Wildman–Crippen LogP) is 5.25. The number of hydrogen-bond donors (Lipinski definition) is 2. The Balaban J connectivity index is 1.58. The number of hydrogen-bond acceptors (Lipinski definition) is 4. The van der Waals surface area contributed by atoms with E-state index in [4.69, 9.17) is 9.47 Å². The van der Waals surface area contributed by atoms with Gasteiger partial charge in [0, 0.05) is 17.9 Å². The first-order valence-corrected chi connectivity index (χ1v) is 9.92. The second-order valence-electron chi connectivity index (χ2n) is 7.36. The van der Waals surface area contributed by atoms with Crippen molar-refractivity contribution in [2.75, 3.05) is 24.4 Å². The van der Waals surface area contributed by atoms with E-state index in [0.717, 1.165) is 28.1 Å². The fraction of sp³-hybridized carbons (Fsp3) is 0.240. The molecule has 0 saturated heterocycles. The van der Waals surface area contributed by atoms with Gasteiger partial charge in [-0.25, -0.2) is 0 Å². The summed E-state index contributed by atoms with van der Waals surface area (Å²) in [5.74, 6) is 0.918. The maximum Gasteiger partial charge on any atom is 0.262 e. The lowest BCUT2D eigenvalue weighted by molar-refractivity contribution is -0.118. The number of methoxy groups -OCH3 is 1.